The molecule has 2 amide bonds. The Balaban J connectivity index is 1.86. The summed E-state index contributed by atoms with van der Waals surface area (Å²) in [5.41, 5.74) is -0.642. The highest BCUT2D eigenvalue weighted by Gasteiger charge is 2.52. The van der Waals surface area contributed by atoms with E-state index in [-0.39, 0.29) is 18.4 Å². The van der Waals surface area contributed by atoms with Crippen LogP contribution in [0.25, 0.3) is 0 Å². The molecule has 0 aromatic rings. The van der Waals surface area contributed by atoms with Crippen LogP contribution in [0, 0.1) is 11.8 Å². The van der Waals surface area contributed by atoms with Gasteiger partial charge in [0.2, 0.25) is 11.8 Å². The number of carbonyl (C=O) groups excluding carboxylic acids is 2. The van der Waals surface area contributed by atoms with Crippen molar-refractivity contribution in [1.82, 2.24) is 10.2 Å². The molecule has 3 aliphatic rings. The molecule has 19 heavy (non-hydrogen) atoms. The number of amides is 2. The zero-order valence-corrected chi connectivity index (χ0v) is 11.9. The highest BCUT2D eigenvalue weighted by atomic mass is 16.2. The Morgan fingerprint density at radius 3 is 2.11 bits per heavy atom. The maximum atomic E-state index is 12.9. The first-order valence-electron chi connectivity index (χ1n) is 7.73. The molecule has 0 spiro atoms. The van der Waals surface area contributed by atoms with Crippen LogP contribution >= 0.6 is 0 Å². The lowest BCUT2D eigenvalue weighted by molar-refractivity contribution is -0.153. The van der Waals surface area contributed by atoms with Crippen molar-refractivity contribution in [3.8, 4) is 0 Å². The average molecular weight is 264 g/mol. The van der Waals surface area contributed by atoms with Crippen molar-refractivity contribution in [2.24, 2.45) is 11.8 Å². The van der Waals surface area contributed by atoms with Gasteiger partial charge in [0.05, 0.1) is 6.54 Å². The van der Waals surface area contributed by atoms with Crippen LogP contribution in [-0.2, 0) is 9.59 Å². The summed E-state index contributed by atoms with van der Waals surface area (Å²) >= 11 is 0. The topological polar surface area (TPSA) is 49.4 Å². The van der Waals surface area contributed by atoms with E-state index < -0.39 is 5.54 Å². The van der Waals surface area contributed by atoms with Crippen molar-refractivity contribution < 1.29 is 9.59 Å². The Bertz CT molecular complexity index is 383. The molecule has 1 N–H and O–H groups in total. The van der Waals surface area contributed by atoms with Gasteiger partial charge < -0.3 is 10.2 Å². The molecule has 3 rings (SSSR count). The first-order chi connectivity index (χ1) is 9.11. The van der Waals surface area contributed by atoms with Gasteiger partial charge >= 0.3 is 0 Å². The molecule has 1 heterocycles. The lowest BCUT2D eigenvalue weighted by Gasteiger charge is -2.44. The molecule has 4 nitrogen and oxygen atoms in total. The van der Waals surface area contributed by atoms with Crippen molar-refractivity contribution in [1.29, 1.82) is 0 Å². The third-order valence-corrected chi connectivity index (χ3v) is 5.14. The molecule has 4 heteroatoms. The van der Waals surface area contributed by atoms with Gasteiger partial charge in [-0.1, -0.05) is 13.8 Å². The van der Waals surface area contributed by atoms with E-state index in [9.17, 15) is 9.59 Å². The van der Waals surface area contributed by atoms with Crippen LogP contribution in [-0.4, -0.2) is 34.8 Å². The van der Waals surface area contributed by atoms with Crippen molar-refractivity contribution in [3.05, 3.63) is 0 Å². The van der Waals surface area contributed by atoms with Crippen molar-refractivity contribution in [2.75, 3.05) is 6.54 Å². The Morgan fingerprint density at radius 1 is 1.16 bits per heavy atom. The minimum Gasteiger partial charge on any atom is -0.340 e. The lowest BCUT2D eigenvalue weighted by atomic mass is 9.87. The molecule has 2 saturated carbocycles. The summed E-state index contributed by atoms with van der Waals surface area (Å²) in [6.45, 7) is 4.27. The van der Waals surface area contributed by atoms with Gasteiger partial charge in [-0.05, 0) is 50.4 Å². The average Bonchev–Trinajstić information content (AvgIpc) is 3.26. The van der Waals surface area contributed by atoms with Crippen LogP contribution in [0.1, 0.15) is 52.4 Å². The third kappa shape index (κ3) is 2.15. The minimum atomic E-state index is -0.642. The second-order valence-electron chi connectivity index (χ2n) is 6.44. The molecular formula is C15H24N2O2. The molecule has 0 bridgehead atoms. The van der Waals surface area contributed by atoms with Crippen LogP contribution in [0.2, 0.25) is 0 Å². The number of carbonyl (C=O) groups is 2. The van der Waals surface area contributed by atoms with E-state index in [4.69, 9.17) is 0 Å². The van der Waals surface area contributed by atoms with E-state index >= 15 is 0 Å². The summed E-state index contributed by atoms with van der Waals surface area (Å²) in [6, 6.07) is 0.344. The normalized spacial score (nSPS) is 26.8. The van der Waals surface area contributed by atoms with Gasteiger partial charge in [0.15, 0.2) is 0 Å². The van der Waals surface area contributed by atoms with E-state index in [1.807, 2.05) is 18.7 Å². The van der Waals surface area contributed by atoms with Crippen LogP contribution in [0.4, 0.5) is 0 Å². The first kappa shape index (κ1) is 12.9. The fourth-order valence-electron chi connectivity index (χ4n) is 3.60. The molecule has 106 valence electrons. The van der Waals surface area contributed by atoms with Gasteiger partial charge in [-0.15, -0.1) is 0 Å². The fourth-order valence-corrected chi connectivity index (χ4v) is 3.60. The number of hydrogen-bond acceptors (Lipinski definition) is 2. The number of nitrogens with one attached hydrogen (secondary N) is 1. The zero-order valence-electron chi connectivity index (χ0n) is 11.9. The van der Waals surface area contributed by atoms with Gasteiger partial charge in [-0.2, -0.15) is 0 Å². The number of piperazine rings is 1. The number of nitrogens with zero attached hydrogens (tertiary/aromatic N) is 1. The highest BCUT2D eigenvalue weighted by Crippen LogP contribution is 2.48. The number of rotatable bonds is 5. The van der Waals surface area contributed by atoms with Gasteiger partial charge in [0.25, 0.3) is 0 Å². The first-order valence-corrected chi connectivity index (χ1v) is 7.73. The van der Waals surface area contributed by atoms with E-state index in [2.05, 4.69) is 5.32 Å². The van der Waals surface area contributed by atoms with E-state index in [0.717, 1.165) is 0 Å². The summed E-state index contributed by atoms with van der Waals surface area (Å²) in [7, 11) is 0. The molecule has 1 aliphatic heterocycles. The Hall–Kier alpha value is -1.06. The van der Waals surface area contributed by atoms with Crippen molar-refractivity contribution >= 4 is 11.8 Å². The molecule has 1 saturated heterocycles. The Kier molecular flexibility index (Phi) is 3.06. The molecule has 0 radical (unpaired) electrons. The monoisotopic (exact) mass is 264 g/mol. The van der Waals surface area contributed by atoms with Gasteiger partial charge in [-0.3, -0.25) is 9.59 Å². The summed E-state index contributed by atoms with van der Waals surface area (Å²) < 4.78 is 0. The molecule has 3 fully saturated rings. The van der Waals surface area contributed by atoms with Crippen LogP contribution in [0.15, 0.2) is 0 Å². The van der Waals surface area contributed by atoms with Crippen molar-refractivity contribution in [3.63, 3.8) is 0 Å². The second kappa shape index (κ2) is 4.50. The molecule has 0 atom stereocenters. The van der Waals surface area contributed by atoms with E-state index in [0.29, 0.717) is 30.7 Å². The quantitative estimate of drug-likeness (QED) is 0.821. The maximum Gasteiger partial charge on any atom is 0.249 e. The Labute approximate surface area is 114 Å². The summed E-state index contributed by atoms with van der Waals surface area (Å²) in [6.07, 6.45) is 6.31. The largest absolute Gasteiger partial charge is 0.340 e. The fraction of sp³-hybridized carbons (Fsp3) is 0.867. The van der Waals surface area contributed by atoms with E-state index in [1.54, 1.807) is 0 Å². The molecule has 0 aromatic heterocycles. The smallest absolute Gasteiger partial charge is 0.249 e. The van der Waals surface area contributed by atoms with Crippen LogP contribution in [0.5, 0.6) is 0 Å². The predicted molar refractivity (Wildman–Crippen MR) is 72.4 cm³/mol. The zero-order chi connectivity index (χ0) is 13.6. The van der Waals surface area contributed by atoms with Crippen molar-refractivity contribution in [2.45, 2.75) is 64.0 Å². The summed E-state index contributed by atoms with van der Waals surface area (Å²) in [5.74, 6) is 1.51. The lowest BCUT2D eigenvalue weighted by Crippen LogP contribution is -2.68. The van der Waals surface area contributed by atoms with Gasteiger partial charge in [-0.25, -0.2) is 0 Å². The molecule has 2 aliphatic carbocycles. The van der Waals surface area contributed by atoms with Crippen LogP contribution < -0.4 is 5.32 Å². The van der Waals surface area contributed by atoms with E-state index in [1.165, 1.54) is 25.7 Å². The highest BCUT2D eigenvalue weighted by molar-refractivity contribution is 5.98. The molecule has 0 unspecified atom stereocenters. The third-order valence-electron chi connectivity index (χ3n) is 5.14. The maximum absolute atomic E-state index is 12.9. The van der Waals surface area contributed by atoms with Gasteiger partial charge in [0, 0.05) is 6.04 Å². The standard InChI is InChI=1S/C15H24N2O2/c1-3-15(4-2)14(19)17(9-12(18)16-15)13(10-5-6-10)11-7-8-11/h10-11,13H,3-9H2,1-2H3,(H,16,18). The predicted octanol–water partition coefficient (Wildman–Crippen LogP) is 1.69. The summed E-state index contributed by atoms with van der Waals surface area (Å²) in [5, 5.41) is 2.95. The molecular weight excluding hydrogens is 240 g/mol. The number of hydrogen-bond donors (Lipinski definition) is 1. The molecule has 0 aromatic carbocycles. The summed E-state index contributed by atoms with van der Waals surface area (Å²) in [4.78, 5) is 26.8. The Morgan fingerprint density at radius 2 is 1.68 bits per heavy atom. The van der Waals surface area contributed by atoms with Gasteiger partial charge in [0.1, 0.15) is 5.54 Å². The van der Waals surface area contributed by atoms with Crippen LogP contribution in [0.3, 0.4) is 0 Å². The SMILES string of the molecule is CCC1(CC)NC(=O)CN(C(C2CC2)C2CC2)C1=O. The second-order valence-corrected chi connectivity index (χ2v) is 6.44. The minimum absolute atomic E-state index is 0.0228.